The first-order valence-electron chi connectivity index (χ1n) is 7.53. The zero-order valence-electron chi connectivity index (χ0n) is 13.2. The first kappa shape index (κ1) is 15.9. The molecule has 124 valence electrons. The molecule has 1 aliphatic heterocycles. The van der Waals surface area contributed by atoms with Gasteiger partial charge in [0.2, 0.25) is 5.90 Å². The molecule has 0 N–H and O–H groups in total. The third kappa shape index (κ3) is 3.16. The number of nitrogens with zero attached hydrogens (tertiary/aromatic N) is 1. The van der Waals surface area contributed by atoms with Crippen LogP contribution in [0.15, 0.2) is 63.0 Å². The van der Waals surface area contributed by atoms with Crippen LogP contribution in [0.25, 0.3) is 17.4 Å². The first-order valence-corrected chi connectivity index (χ1v) is 8.79. The van der Waals surface area contributed by atoms with Gasteiger partial charge in [-0.25, -0.2) is 9.79 Å². The Morgan fingerprint density at radius 1 is 1.20 bits per heavy atom. The SMILES string of the molecule is Cc1ccc(-c2ccc(C=C3N=C(c4cccs4)OC3=O)o2)cc1Cl. The van der Waals surface area contributed by atoms with Gasteiger partial charge in [0.05, 0.1) is 4.88 Å². The lowest BCUT2D eigenvalue weighted by atomic mass is 10.1. The lowest BCUT2D eigenvalue weighted by Crippen LogP contribution is -2.03. The predicted molar refractivity (Wildman–Crippen MR) is 98.8 cm³/mol. The van der Waals surface area contributed by atoms with E-state index >= 15 is 0 Å². The van der Waals surface area contributed by atoms with Gasteiger partial charge in [0, 0.05) is 16.7 Å². The van der Waals surface area contributed by atoms with Gasteiger partial charge in [0.25, 0.3) is 0 Å². The van der Waals surface area contributed by atoms with Crippen LogP contribution >= 0.6 is 22.9 Å². The van der Waals surface area contributed by atoms with Gasteiger partial charge >= 0.3 is 5.97 Å². The highest BCUT2D eigenvalue weighted by Crippen LogP contribution is 2.28. The molecule has 1 aromatic carbocycles. The van der Waals surface area contributed by atoms with E-state index in [2.05, 4.69) is 4.99 Å². The molecule has 0 saturated heterocycles. The molecule has 3 heterocycles. The maximum Gasteiger partial charge on any atom is 0.363 e. The Bertz CT molecular complexity index is 1020. The molecule has 25 heavy (non-hydrogen) atoms. The highest BCUT2D eigenvalue weighted by molar-refractivity contribution is 7.12. The number of thiophene rings is 1. The van der Waals surface area contributed by atoms with Crippen LogP contribution in [0, 0.1) is 6.92 Å². The van der Waals surface area contributed by atoms with Crippen molar-refractivity contribution in [2.45, 2.75) is 6.92 Å². The molecule has 0 amide bonds. The Morgan fingerprint density at radius 2 is 2.08 bits per heavy atom. The number of rotatable bonds is 3. The number of benzene rings is 1. The normalized spacial score (nSPS) is 15.5. The third-order valence-corrected chi connectivity index (χ3v) is 4.98. The van der Waals surface area contributed by atoms with Crippen molar-refractivity contribution < 1.29 is 13.9 Å². The van der Waals surface area contributed by atoms with Gasteiger partial charge in [-0.3, -0.25) is 0 Å². The summed E-state index contributed by atoms with van der Waals surface area (Å²) in [7, 11) is 0. The summed E-state index contributed by atoms with van der Waals surface area (Å²) in [6.07, 6.45) is 1.57. The van der Waals surface area contributed by atoms with Gasteiger partial charge in [-0.1, -0.05) is 29.8 Å². The Kier molecular flexibility index (Phi) is 4.03. The van der Waals surface area contributed by atoms with Gasteiger partial charge in [-0.05, 0) is 42.1 Å². The van der Waals surface area contributed by atoms with Crippen LogP contribution < -0.4 is 0 Å². The maximum absolute atomic E-state index is 12.0. The second-order valence-electron chi connectivity index (χ2n) is 5.48. The number of hydrogen-bond donors (Lipinski definition) is 0. The molecule has 0 bridgehead atoms. The third-order valence-electron chi connectivity index (χ3n) is 3.71. The minimum atomic E-state index is -0.486. The van der Waals surface area contributed by atoms with E-state index in [0.717, 1.165) is 16.0 Å². The van der Waals surface area contributed by atoms with E-state index < -0.39 is 5.97 Å². The molecule has 0 atom stereocenters. The highest BCUT2D eigenvalue weighted by atomic mass is 35.5. The number of carbonyl (C=O) groups is 1. The molecule has 0 unspecified atom stereocenters. The molecule has 0 saturated carbocycles. The van der Waals surface area contributed by atoms with Crippen molar-refractivity contribution >= 4 is 40.9 Å². The van der Waals surface area contributed by atoms with Gasteiger partial charge in [-0.15, -0.1) is 11.3 Å². The van der Waals surface area contributed by atoms with Crippen LogP contribution in [0.4, 0.5) is 0 Å². The van der Waals surface area contributed by atoms with Crippen LogP contribution in [0.5, 0.6) is 0 Å². The Hall–Kier alpha value is -2.63. The lowest BCUT2D eigenvalue weighted by molar-refractivity contribution is -0.129. The molecule has 0 radical (unpaired) electrons. The molecule has 2 aromatic heterocycles. The summed E-state index contributed by atoms with van der Waals surface area (Å²) in [5, 5.41) is 2.58. The maximum atomic E-state index is 12.0. The Labute approximate surface area is 153 Å². The number of ether oxygens (including phenoxy) is 1. The number of aliphatic imine (C=N–C) groups is 1. The van der Waals surface area contributed by atoms with Crippen LogP contribution in [0.3, 0.4) is 0 Å². The average molecular weight is 370 g/mol. The highest BCUT2D eigenvalue weighted by Gasteiger charge is 2.25. The van der Waals surface area contributed by atoms with Crippen molar-refractivity contribution in [2.75, 3.05) is 0 Å². The zero-order chi connectivity index (χ0) is 17.4. The number of halogens is 1. The van der Waals surface area contributed by atoms with Gasteiger partial charge in [0.1, 0.15) is 11.5 Å². The minimum absolute atomic E-state index is 0.214. The van der Waals surface area contributed by atoms with Crippen LogP contribution in [-0.2, 0) is 9.53 Å². The van der Waals surface area contributed by atoms with Crippen molar-refractivity contribution in [1.29, 1.82) is 0 Å². The van der Waals surface area contributed by atoms with Crippen molar-refractivity contribution in [1.82, 2.24) is 0 Å². The molecule has 3 aromatic rings. The molecule has 0 aliphatic carbocycles. The summed E-state index contributed by atoms with van der Waals surface area (Å²) >= 11 is 7.62. The molecule has 6 heteroatoms. The molecule has 0 spiro atoms. The second-order valence-corrected chi connectivity index (χ2v) is 6.83. The van der Waals surface area contributed by atoms with E-state index in [1.54, 1.807) is 12.1 Å². The van der Waals surface area contributed by atoms with Crippen molar-refractivity contribution in [3.05, 3.63) is 74.8 Å². The van der Waals surface area contributed by atoms with E-state index in [1.807, 2.05) is 48.7 Å². The summed E-state index contributed by atoms with van der Waals surface area (Å²) < 4.78 is 11.0. The molecule has 4 nitrogen and oxygen atoms in total. The van der Waals surface area contributed by atoms with Crippen molar-refractivity contribution in [3.8, 4) is 11.3 Å². The average Bonchev–Trinajstić information content (AvgIpc) is 3.32. The van der Waals surface area contributed by atoms with Crippen molar-refractivity contribution in [2.24, 2.45) is 4.99 Å². The standard InChI is InChI=1S/C19H12ClNO3S/c1-11-4-5-12(9-14(11)20)16-7-6-13(23-16)10-15-19(22)24-18(21-15)17-3-2-8-25-17/h2-10H,1H3. The fourth-order valence-corrected chi connectivity index (χ4v) is 3.21. The summed E-state index contributed by atoms with van der Waals surface area (Å²) in [4.78, 5) is 17.0. The number of furan rings is 1. The summed E-state index contributed by atoms with van der Waals surface area (Å²) in [5.41, 5.74) is 2.09. The zero-order valence-corrected chi connectivity index (χ0v) is 14.7. The van der Waals surface area contributed by atoms with Crippen LogP contribution in [-0.4, -0.2) is 11.9 Å². The second kappa shape index (κ2) is 6.35. The van der Waals surface area contributed by atoms with Gasteiger partial charge < -0.3 is 9.15 Å². The van der Waals surface area contributed by atoms with Gasteiger partial charge in [0.15, 0.2) is 5.70 Å². The summed E-state index contributed by atoms with van der Waals surface area (Å²) in [6, 6.07) is 13.1. The van der Waals surface area contributed by atoms with Crippen LogP contribution in [0.1, 0.15) is 16.2 Å². The molecular formula is C19H12ClNO3S. The molecule has 4 rings (SSSR count). The minimum Gasteiger partial charge on any atom is -0.457 e. The number of aryl methyl sites for hydroxylation is 1. The number of esters is 1. The number of carbonyl (C=O) groups excluding carboxylic acids is 1. The number of hydrogen-bond acceptors (Lipinski definition) is 5. The van der Waals surface area contributed by atoms with Gasteiger partial charge in [-0.2, -0.15) is 0 Å². The largest absolute Gasteiger partial charge is 0.457 e. The summed E-state index contributed by atoms with van der Waals surface area (Å²) in [6.45, 7) is 1.94. The van der Waals surface area contributed by atoms with E-state index in [9.17, 15) is 4.79 Å². The Morgan fingerprint density at radius 3 is 2.84 bits per heavy atom. The van der Waals surface area contributed by atoms with Crippen molar-refractivity contribution in [3.63, 3.8) is 0 Å². The topological polar surface area (TPSA) is 51.8 Å². The first-order chi connectivity index (χ1) is 12.1. The quantitative estimate of drug-likeness (QED) is 0.464. The van der Waals surface area contributed by atoms with Crippen LogP contribution in [0.2, 0.25) is 5.02 Å². The lowest BCUT2D eigenvalue weighted by Gasteiger charge is -2.00. The fourth-order valence-electron chi connectivity index (χ4n) is 2.38. The predicted octanol–water partition coefficient (Wildman–Crippen LogP) is 5.31. The fraction of sp³-hybridized carbons (Fsp3) is 0.0526. The Balaban J connectivity index is 1.63. The van der Waals surface area contributed by atoms with E-state index in [0.29, 0.717) is 22.4 Å². The molecule has 0 fully saturated rings. The smallest absolute Gasteiger partial charge is 0.363 e. The monoisotopic (exact) mass is 369 g/mol. The van der Waals surface area contributed by atoms with E-state index in [1.165, 1.54) is 11.3 Å². The summed E-state index contributed by atoms with van der Waals surface area (Å²) in [5.74, 6) is 1.03. The molecule has 1 aliphatic rings. The number of cyclic esters (lactones) is 1. The van der Waals surface area contributed by atoms with E-state index in [-0.39, 0.29) is 5.70 Å². The molecular weight excluding hydrogens is 358 g/mol. The van der Waals surface area contributed by atoms with E-state index in [4.69, 9.17) is 20.8 Å².